The third-order valence-electron chi connectivity index (χ3n) is 2.92. The molecular weight excluding hydrogens is 290 g/mol. The van der Waals surface area contributed by atoms with Crippen LogP contribution in [0.4, 0.5) is 0 Å². The van der Waals surface area contributed by atoms with Crippen molar-refractivity contribution in [1.82, 2.24) is 15.3 Å². The average Bonchev–Trinajstić information content (AvgIpc) is 2.88. The van der Waals surface area contributed by atoms with Crippen molar-refractivity contribution in [3.8, 4) is 0 Å². The first-order valence-corrected chi connectivity index (χ1v) is 7.66. The number of nitrogens with one attached hydrogen (secondary N) is 2. The van der Waals surface area contributed by atoms with Gasteiger partial charge in [0.15, 0.2) is 0 Å². The highest BCUT2D eigenvalue weighted by Gasteiger charge is 2.13. The summed E-state index contributed by atoms with van der Waals surface area (Å²) in [7, 11) is 0. The molecule has 0 spiro atoms. The van der Waals surface area contributed by atoms with Crippen molar-refractivity contribution < 1.29 is 14.7 Å². The minimum Gasteiger partial charge on any atom is -0.481 e. The van der Waals surface area contributed by atoms with Crippen LogP contribution in [0.5, 0.6) is 0 Å². The Morgan fingerprint density at radius 1 is 1.43 bits per heavy atom. The van der Waals surface area contributed by atoms with Crippen LogP contribution in [0.2, 0.25) is 0 Å². The molecule has 6 nitrogen and oxygen atoms in total. The van der Waals surface area contributed by atoms with E-state index in [4.69, 9.17) is 5.11 Å². The number of carboxylic acid groups (broad SMARTS) is 1. The number of imidazole rings is 1. The Labute approximate surface area is 126 Å². The Morgan fingerprint density at radius 2 is 2.19 bits per heavy atom. The predicted molar refractivity (Wildman–Crippen MR) is 82.2 cm³/mol. The lowest BCUT2D eigenvalue weighted by atomic mass is 10.3. The summed E-state index contributed by atoms with van der Waals surface area (Å²) in [5.74, 6) is 0.0278. The maximum absolute atomic E-state index is 11.6. The zero-order valence-electron chi connectivity index (χ0n) is 11.6. The molecule has 1 unspecified atom stereocenters. The average molecular weight is 307 g/mol. The van der Waals surface area contributed by atoms with E-state index in [0.29, 0.717) is 0 Å². The Hall–Kier alpha value is -2.02. The Bertz CT molecular complexity index is 608. The predicted octanol–water partition coefficient (Wildman–Crippen LogP) is 1.95. The molecule has 1 heterocycles. The number of H-pyrrole nitrogens is 1. The second kappa shape index (κ2) is 7.12. The molecular formula is C14H17N3O3S. The number of hydrogen-bond acceptors (Lipinski definition) is 4. The van der Waals surface area contributed by atoms with Gasteiger partial charge in [0, 0.05) is 6.54 Å². The first-order valence-electron chi connectivity index (χ1n) is 6.61. The quantitative estimate of drug-likeness (QED) is 0.726. The fourth-order valence-corrected chi connectivity index (χ4v) is 2.58. The smallest absolute Gasteiger partial charge is 0.305 e. The first kappa shape index (κ1) is 15.4. The van der Waals surface area contributed by atoms with Gasteiger partial charge in [-0.05, 0) is 19.1 Å². The van der Waals surface area contributed by atoms with Crippen LogP contribution in [0.25, 0.3) is 11.0 Å². The normalized spacial score (nSPS) is 12.2. The number of carbonyl (C=O) groups is 2. The van der Waals surface area contributed by atoms with Crippen LogP contribution in [0.15, 0.2) is 24.3 Å². The van der Waals surface area contributed by atoms with E-state index < -0.39 is 5.97 Å². The van der Waals surface area contributed by atoms with Crippen molar-refractivity contribution in [2.24, 2.45) is 0 Å². The molecule has 0 radical (unpaired) electrons. The summed E-state index contributed by atoms with van der Waals surface area (Å²) < 4.78 is 0. The van der Waals surface area contributed by atoms with Crippen molar-refractivity contribution >= 4 is 34.7 Å². The van der Waals surface area contributed by atoms with Gasteiger partial charge in [-0.15, -0.1) is 11.8 Å². The van der Waals surface area contributed by atoms with E-state index in [0.717, 1.165) is 16.9 Å². The van der Waals surface area contributed by atoms with Crippen LogP contribution in [0, 0.1) is 0 Å². The molecule has 3 N–H and O–H groups in total. The van der Waals surface area contributed by atoms with Gasteiger partial charge in [0.1, 0.15) is 5.82 Å². The van der Waals surface area contributed by atoms with Gasteiger partial charge < -0.3 is 15.4 Å². The Morgan fingerprint density at radius 3 is 2.90 bits per heavy atom. The van der Waals surface area contributed by atoms with E-state index in [1.807, 2.05) is 31.2 Å². The van der Waals surface area contributed by atoms with Gasteiger partial charge in [-0.25, -0.2) is 4.98 Å². The SMILES string of the molecule is CC(SCC(=O)NCCC(=O)O)c1nc2ccccc2[nH]1. The van der Waals surface area contributed by atoms with Crippen molar-refractivity contribution in [3.05, 3.63) is 30.1 Å². The lowest BCUT2D eigenvalue weighted by Crippen LogP contribution is -2.27. The summed E-state index contributed by atoms with van der Waals surface area (Å²) in [5, 5.41) is 11.1. The number of hydrogen-bond donors (Lipinski definition) is 3. The molecule has 0 saturated heterocycles. The third kappa shape index (κ3) is 4.49. The van der Waals surface area contributed by atoms with E-state index in [9.17, 15) is 9.59 Å². The lowest BCUT2D eigenvalue weighted by molar-refractivity contribution is -0.136. The van der Waals surface area contributed by atoms with E-state index in [-0.39, 0.29) is 29.9 Å². The van der Waals surface area contributed by atoms with E-state index in [2.05, 4.69) is 15.3 Å². The number of para-hydroxylation sites is 2. The van der Waals surface area contributed by atoms with Gasteiger partial charge >= 0.3 is 5.97 Å². The van der Waals surface area contributed by atoms with Gasteiger partial charge in [0.25, 0.3) is 0 Å². The topological polar surface area (TPSA) is 95.1 Å². The van der Waals surface area contributed by atoms with Crippen molar-refractivity contribution in [1.29, 1.82) is 0 Å². The number of benzene rings is 1. The summed E-state index contributed by atoms with van der Waals surface area (Å²) in [4.78, 5) is 29.7. The van der Waals surface area contributed by atoms with E-state index in [1.54, 1.807) is 0 Å². The molecule has 2 rings (SSSR count). The largest absolute Gasteiger partial charge is 0.481 e. The summed E-state index contributed by atoms with van der Waals surface area (Å²) >= 11 is 1.46. The number of aliphatic carboxylic acids is 1. The molecule has 0 aliphatic rings. The Kier molecular flexibility index (Phi) is 5.21. The number of amides is 1. The number of carboxylic acids is 1. The second-order valence-electron chi connectivity index (χ2n) is 4.59. The molecule has 1 amide bonds. The maximum atomic E-state index is 11.6. The summed E-state index contributed by atoms with van der Waals surface area (Å²) in [6.07, 6.45) is -0.0600. The van der Waals surface area contributed by atoms with Gasteiger partial charge in [-0.3, -0.25) is 9.59 Å². The number of rotatable bonds is 7. The van der Waals surface area contributed by atoms with Crippen LogP contribution in [-0.2, 0) is 9.59 Å². The molecule has 0 fully saturated rings. The minimum absolute atomic E-state index is 0.0580. The molecule has 0 aliphatic heterocycles. The number of aromatic amines is 1. The summed E-state index contributed by atoms with van der Waals surface area (Å²) in [6, 6.07) is 7.77. The fraction of sp³-hybridized carbons (Fsp3) is 0.357. The summed E-state index contributed by atoms with van der Waals surface area (Å²) in [5.41, 5.74) is 1.89. The standard InChI is InChI=1S/C14H17N3O3S/c1-9(21-8-12(18)15-7-6-13(19)20)14-16-10-4-2-3-5-11(10)17-14/h2-5,9H,6-8H2,1H3,(H,15,18)(H,16,17)(H,19,20). The lowest BCUT2D eigenvalue weighted by Gasteiger charge is -2.08. The van der Waals surface area contributed by atoms with Gasteiger partial charge in [-0.1, -0.05) is 12.1 Å². The zero-order valence-corrected chi connectivity index (χ0v) is 12.4. The number of aromatic nitrogens is 2. The Balaban J connectivity index is 1.82. The van der Waals surface area contributed by atoms with Gasteiger partial charge in [-0.2, -0.15) is 0 Å². The number of carbonyl (C=O) groups excluding carboxylic acids is 1. The molecule has 7 heteroatoms. The zero-order chi connectivity index (χ0) is 15.2. The van der Waals surface area contributed by atoms with Crippen LogP contribution in [-0.4, -0.2) is 39.2 Å². The van der Waals surface area contributed by atoms with E-state index >= 15 is 0 Å². The molecule has 0 saturated carbocycles. The van der Waals surface area contributed by atoms with Gasteiger partial charge in [0.2, 0.25) is 5.91 Å². The number of thioether (sulfide) groups is 1. The third-order valence-corrected chi connectivity index (χ3v) is 4.07. The minimum atomic E-state index is -0.918. The molecule has 1 aromatic heterocycles. The number of fused-ring (bicyclic) bond motifs is 1. The highest BCUT2D eigenvalue weighted by molar-refractivity contribution is 8.00. The molecule has 2 aromatic rings. The fourth-order valence-electron chi connectivity index (χ4n) is 1.80. The highest BCUT2D eigenvalue weighted by Crippen LogP contribution is 2.27. The molecule has 112 valence electrons. The molecule has 0 aliphatic carbocycles. The molecule has 1 aromatic carbocycles. The van der Waals surface area contributed by atoms with Gasteiger partial charge in [0.05, 0.1) is 28.5 Å². The van der Waals surface area contributed by atoms with Crippen LogP contribution in [0.3, 0.4) is 0 Å². The van der Waals surface area contributed by atoms with Crippen LogP contribution in [0.1, 0.15) is 24.4 Å². The van der Waals surface area contributed by atoms with E-state index in [1.165, 1.54) is 11.8 Å². The summed E-state index contributed by atoms with van der Waals surface area (Å²) in [6.45, 7) is 2.14. The molecule has 1 atom stereocenters. The first-order chi connectivity index (χ1) is 10.1. The second-order valence-corrected chi connectivity index (χ2v) is 5.92. The van der Waals surface area contributed by atoms with Crippen molar-refractivity contribution in [2.45, 2.75) is 18.6 Å². The maximum Gasteiger partial charge on any atom is 0.305 e. The number of nitrogens with zero attached hydrogens (tertiary/aromatic N) is 1. The molecule has 21 heavy (non-hydrogen) atoms. The van der Waals surface area contributed by atoms with Crippen LogP contribution >= 0.6 is 11.8 Å². The van der Waals surface area contributed by atoms with Crippen molar-refractivity contribution in [2.75, 3.05) is 12.3 Å². The monoisotopic (exact) mass is 307 g/mol. The van der Waals surface area contributed by atoms with Crippen molar-refractivity contribution in [3.63, 3.8) is 0 Å². The van der Waals surface area contributed by atoms with Crippen LogP contribution < -0.4 is 5.32 Å². The molecule has 0 bridgehead atoms. The highest BCUT2D eigenvalue weighted by atomic mass is 32.2.